The van der Waals surface area contributed by atoms with Crippen LogP contribution in [0.1, 0.15) is 47.0 Å². The minimum atomic E-state index is -0.927. The minimum absolute atomic E-state index is 0.0189. The number of fused-ring (bicyclic) bond motifs is 1. The number of rotatable bonds is 1. The molecule has 2 saturated carbocycles. The standard InChI is InChI=1S/C15H26O4/c1-8-11(16)7-10-12(13(8)17)9(14(2,3)18)5-6-15(10,4)19/h8-10,12-13,17-19H,5-7H2,1-4H3/t8-,9-,10-,12-,13+,15+/m0/s1. The molecular weight excluding hydrogens is 244 g/mol. The number of aliphatic hydroxyl groups excluding tert-OH is 1. The first-order valence-electron chi connectivity index (χ1n) is 7.21. The molecule has 2 aliphatic carbocycles. The Morgan fingerprint density at radius 1 is 1.37 bits per heavy atom. The number of hydrogen-bond acceptors (Lipinski definition) is 4. The summed E-state index contributed by atoms with van der Waals surface area (Å²) in [6.45, 7) is 7.00. The number of carbonyl (C=O) groups is 1. The van der Waals surface area contributed by atoms with Crippen LogP contribution in [0, 0.1) is 23.7 Å². The summed E-state index contributed by atoms with van der Waals surface area (Å²) in [7, 11) is 0. The van der Waals surface area contributed by atoms with Gasteiger partial charge in [-0.2, -0.15) is 0 Å². The molecule has 0 aromatic rings. The molecule has 0 radical (unpaired) electrons. The summed E-state index contributed by atoms with van der Waals surface area (Å²) in [6.07, 6.45) is 0.782. The zero-order chi connectivity index (χ0) is 14.6. The van der Waals surface area contributed by atoms with Crippen LogP contribution in [0.3, 0.4) is 0 Å². The Morgan fingerprint density at radius 2 is 1.95 bits per heavy atom. The largest absolute Gasteiger partial charge is 0.392 e. The van der Waals surface area contributed by atoms with Crippen molar-refractivity contribution in [3.63, 3.8) is 0 Å². The zero-order valence-electron chi connectivity index (χ0n) is 12.3. The van der Waals surface area contributed by atoms with E-state index in [0.717, 1.165) is 0 Å². The molecule has 0 aromatic heterocycles. The van der Waals surface area contributed by atoms with Gasteiger partial charge in [0, 0.05) is 12.3 Å². The molecule has 6 atom stereocenters. The average Bonchev–Trinajstić information content (AvgIpc) is 2.25. The van der Waals surface area contributed by atoms with Gasteiger partial charge < -0.3 is 15.3 Å². The molecule has 2 fully saturated rings. The summed E-state index contributed by atoms with van der Waals surface area (Å²) in [4.78, 5) is 12.0. The van der Waals surface area contributed by atoms with E-state index >= 15 is 0 Å². The molecule has 3 N–H and O–H groups in total. The van der Waals surface area contributed by atoms with Crippen LogP contribution in [-0.2, 0) is 4.79 Å². The first kappa shape index (κ1) is 14.9. The van der Waals surface area contributed by atoms with Crippen LogP contribution in [0.4, 0.5) is 0 Å². The summed E-state index contributed by atoms with van der Waals surface area (Å²) >= 11 is 0. The van der Waals surface area contributed by atoms with Gasteiger partial charge in [-0.05, 0) is 51.4 Å². The van der Waals surface area contributed by atoms with Crippen LogP contribution >= 0.6 is 0 Å². The second-order valence-electron chi connectivity index (χ2n) is 7.29. The van der Waals surface area contributed by atoms with Gasteiger partial charge in [0.05, 0.1) is 17.3 Å². The third kappa shape index (κ3) is 2.46. The highest BCUT2D eigenvalue weighted by Crippen LogP contribution is 2.51. The molecule has 0 unspecified atom stereocenters. The fourth-order valence-corrected chi connectivity index (χ4v) is 4.10. The van der Waals surface area contributed by atoms with E-state index in [9.17, 15) is 20.1 Å². The maximum atomic E-state index is 12.0. The topological polar surface area (TPSA) is 77.8 Å². The molecule has 0 aromatic carbocycles. The molecular formula is C15H26O4. The Hall–Kier alpha value is -0.450. The molecule has 110 valence electrons. The summed E-state index contributed by atoms with van der Waals surface area (Å²) in [6, 6.07) is 0. The van der Waals surface area contributed by atoms with Gasteiger partial charge in [0.15, 0.2) is 0 Å². The predicted molar refractivity (Wildman–Crippen MR) is 71.4 cm³/mol. The number of aliphatic hydroxyl groups is 3. The van der Waals surface area contributed by atoms with Crippen molar-refractivity contribution >= 4 is 5.78 Å². The Morgan fingerprint density at radius 3 is 2.47 bits per heavy atom. The van der Waals surface area contributed by atoms with Crippen molar-refractivity contribution in [3.8, 4) is 0 Å². The van der Waals surface area contributed by atoms with Crippen LogP contribution in [0.25, 0.3) is 0 Å². The van der Waals surface area contributed by atoms with Crippen LogP contribution in [0.2, 0.25) is 0 Å². The van der Waals surface area contributed by atoms with Crippen molar-refractivity contribution in [1.82, 2.24) is 0 Å². The zero-order valence-corrected chi connectivity index (χ0v) is 12.3. The summed E-state index contributed by atoms with van der Waals surface area (Å²) in [5.74, 6) is -0.929. The minimum Gasteiger partial charge on any atom is -0.392 e. The Bertz CT molecular complexity index is 369. The van der Waals surface area contributed by atoms with E-state index in [1.807, 2.05) is 0 Å². The number of carbonyl (C=O) groups excluding carboxylic acids is 1. The van der Waals surface area contributed by atoms with E-state index in [-0.39, 0.29) is 23.5 Å². The van der Waals surface area contributed by atoms with E-state index in [1.54, 1.807) is 27.7 Å². The van der Waals surface area contributed by atoms with E-state index in [4.69, 9.17) is 0 Å². The number of ketones is 1. The lowest BCUT2D eigenvalue weighted by molar-refractivity contribution is -0.184. The van der Waals surface area contributed by atoms with Gasteiger partial charge in [-0.1, -0.05) is 6.92 Å². The van der Waals surface area contributed by atoms with Crippen molar-refractivity contribution in [2.75, 3.05) is 0 Å². The lowest BCUT2D eigenvalue weighted by Crippen LogP contribution is -2.60. The predicted octanol–water partition coefficient (Wildman–Crippen LogP) is 1.12. The highest BCUT2D eigenvalue weighted by Gasteiger charge is 2.56. The lowest BCUT2D eigenvalue weighted by atomic mass is 9.54. The molecule has 0 heterocycles. The first-order valence-corrected chi connectivity index (χ1v) is 7.21. The molecule has 19 heavy (non-hydrogen) atoms. The molecule has 4 heteroatoms. The maximum Gasteiger partial charge on any atom is 0.138 e. The Labute approximate surface area is 114 Å². The average molecular weight is 270 g/mol. The monoisotopic (exact) mass is 270 g/mol. The lowest BCUT2D eigenvalue weighted by Gasteiger charge is -2.54. The first-order chi connectivity index (χ1) is 8.55. The number of Topliss-reactive ketones (excluding diaryl/α,β-unsaturated/α-hetero) is 1. The highest BCUT2D eigenvalue weighted by molar-refractivity contribution is 5.82. The van der Waals surface area contributed by atoms with E-state index in [1.165, 1.54) is 0 Å². The Balaban J connectivity index is 2.38. The summed E-state index contributed by atoms with van der Waals surface area (Å²) < 4.78 is 0. The van der Waals surface area contributed by atoms with Crippen LogP contribution < -0.4 is 0 Å². The van der Waals surface area contributed by atoms with Gasteiger partial charge in [-0.25, -0.2) is 0 Å². The van der Waals surface area contributed by atoms with Crippen molar-refractivity contribution in [2.24, 2.45) is 23.7 Å². The quantitative estimate of drug-likeness (QED) is 0.667. The normalized spacial score (nSPS) is 47.9. The SMILES string of the molecule is C[C@H]1C(=O)C[C@H]2[C@@H]([C@@H]1O)[C@@H](C(C)(C)O)CC[C@@]2(C)O. The van der Waals surface area contributed by atoms with Gasteiger partial charge in [0.2, 0.25) is 0 Å². The maximum absolute atomic E-state index is 12.0. The van der Waals surface area contributed by atoms with Gasteiger partial charge in [0.1, 0.15) is 5.78 Å². The summed E-state index contributed by atoms with van der Waals surface area (Å²) in [5.41, 5.74) is -1.83. The van der Waals surface area contributed by atoms with Crippen molar-refractivity contribution in [1.29, 1.82) is 0 Å². The van der Waals surface area contributed by atoms with Crippen LogP contribution in [0.15, 0.2) is 0 Å². The molecule has 0 bridgehead atoms. The fourth-order valence-electron chi connectivity index (χ4n) is 4.10. The number of hydrogen-bond donors (Lipinski definition) is 3. The van der Waals surface area contributed by atoms with Crippen LogP contribution in [-0.4, -0.2) is 38.4 Å². The van der Waals surface area contributed by atoms with E-state index in [2.05, 4.69) is 0 Å². The highest BCUT2D eigenvalue weighted by atomic mass is 16.3. The van der Waals surface area contributed by atoms with E-state index in [0.29, 0.717) is 19.3 Å². The molecule has 0 saturated heterocycles. The molecule has 2 aliphatic rings. The molecule has 0 spiro atoms. The molecule has 0 aliphatic heterocycles. The van der Waals surface area contributed by atoms with Gasteiger partial charge in [-0.15, -0.1) is 0 Å². The third-order valence-corrected chi connectivity index (χ3v) is 5.43. The molecule has 0 amide bonds. The summed E-state index contributed by atoms with van der Waals surface area (Å²) in [5, 5.41) is 31.3. The van der Waals surface area contributed by atoms with Gasteiger partial charge in [-0.3, -0.25) is 4.79 Å². The van der Waals surface area contributed by atoms with E-state index < -0.39 is 23.2 Å². The second kappa shape index (κ2) is 4.54. The van der Waals surface area contributed by atoms with Gasteiger partial charge in [0.25, 0.3) is 0 Å². The molecule has 2 rings (SSSR count). The molecule has 4 nitrogen and oxygen atoms in total. The van der Waals surface area contributed by atoms with Crippen molar-refractivity contribution in [2.45, 2.75) is 64.3 Å². The Kier molecular flexibility index (Phi) is 3.57. The second-order valence-corrected chi connectivity index (χ2v) is 7.29. The van der Waals surface area contributed by atoms with Crippen molar-refractivity contribution < 1.29 is 20.1 Å². The van der Waals surface area contributed by atoms with Crippen LogP contribution in [0.5, 0.6) is 0 Å². The smallest absolute Gasteiger partial charge is 0.138 e. The van der Waals surface area contributed by atoms with Gasteiger partial charge >= 0.3 is 0 Å². The fraction of sp³-hybridized carbons (Fsp3) is 0.933. The van der Waals surface area contributed by atoms with Crippen molar-refractivity contribution in [3.05, 3.63) is 0 Å². The third-order valence-electron chi connectivity index (χ3n) is 5.43.